The summed E-state index contributed by atoms with van der Waals surface area (Å²) in [4.78, 5) is 12.2. The van der Waals surface area contributed by atoms with Crippen molar-refractivity contribution in [1.29, 1.82) is 0 Å². The lowest BCUT2D eigenvalue weighted by molar-refractivity contribution is -0.153. The molecule has 2 amide bonds. The zero-order valence-electron chi connectivity index (χ0n) is 16.7. The van der Waals surface area contributed by atoms with E-state index in [1.54, 1.807) is 0 Å². The number of ether oxygens (including phenoxy) is 2. The van der Waals surface area contributed by atoms with E-state index < -0.39 is 5.79 Å². The van der Waals surface area contributed by atoms with Crippen LogP contribution >= 0.6 is 0 Å². The number of carbonyl (C=O) groups excluding carboxylic acids is 1. The Balaban J connectivity index is 1.51. The third-order valence-corrected chi connectivity index (χ3v) is 4.82. The van der Waals surface area contributed by atoms with Gasteiger partial charge in [-0.1, -0.05) is 20.8 Å². The number of nitrogens with one attached hydrogen (secondary N) is 2. The fourth-order valence-electron chi connectivity index (χ4n) is 3.65. The number of amides is 2. The second-order valence-corrected chi connectivity index (χ2v) is 8.11. The van der Waals surface area contributed by atoms with E-state index in [9.17, 15) is 4.79 Å². The largest absolute Gasteiger partial charge is 0.348 e. The van der Waals surface area contributed by atoms with Crippen molar-refractivity contribution in [2.75, 3.05) is 25.1 Å². The summed E-state index contributed by atoms with van der Waals surface area (Å²) >= 11 is 0. The number of anilines is 1. The zero-order valence-corrected chi connectivity index (χ0v) is 16.7. The molecule has 0 aliphatic carbocycles. The van der Waals surface area contributed by atoms with Crippen molar-refractivity contribution < 1.29 is 14.3 Å². The number of fused-ring (bicyclic) bond motifs is 1. The van der Waals surface area contributed by atoms with Gasteiger partial charge in [0.25, 0.3) is 0 Å². The van der Waals surface area contributed by atoms with E-state index in [1.807, 2.05) is 19.1 Å². The van der Waals surface area contributed by atoms with Crippen molar-refractivity contribution in [3.63, 3.8) is 0 Å². The van der Waals surface area contributed by atoms with Gasteiger partial charge in [0.05, 0.1) is 13.2 Å². The summed E-state index contributed by atoms with van der Waals surface area (Å²) in [7, 11) is 0. The molecule has 1 aromatic heterocycles. The Kier molecular flexibility index (Phi) is 6.07. The maximum Gasteiger partial charge on any atom is 0.319 e. The van der Waals surface area contributed by atoms with Crippen LogP contribution in [0.25, 0.3) is 10.9 Å². The van der Waals surface area contributed by atoms with E-state index in [-0.39, 0.29) is 11.9 Å². The molecule has 1 aliphatic rings. The molecule has 0 saturated carbocycles. The lowest BCUT2D eigenvalue weighted by Crippen LogP contribution is -2.36. The quantitative estimate of drug-likeness (QED) is 0.764. The van der Waals surface area contributed by atoms with Crippen molar-refractivity contribution in [1.82, 2.24) is 9.88 Å². The molecule has 2 heterocycles. The van der Waals surface area contributed by atoms with Crippen LogP contribution in [0.3, 0.4) is 0 Å². The molecular formula is C21H31N3O3. The van der Waals surface area contributed by atoms with E-state index >= 15 is 0 Å². The Hall–Kier alpha value is -2.05. The summed E-state index contributed by atoms with van der Waals surface area (Å²) in [6.45, 7) is 11.3. The third kappa shape index (κ3) is 5.23. The number of hydrogen-bond donors (Lipinski definition) is 2. The van der Waals surface area contributed by atoms with Gasteiger partial charge >= 0.3 is 6.03 Å². The molecule has 27 heavy (non-hydrogen) atoms. The summed E-state index contributed by atoms with van der Waals surface area (Å²) in [5.74, 6) is 0.325. The molecule has 1 aliphatic heterocycles. The van der Waals surface area contributed by atoms with Crippen LogP contribution in [0.1, 0.15) is 34.1 Å². The number of nitrogens with zero attached hydrogens (tertiary/aromatic N) is 1. The predicted octanol–water partition coefficient (Wildman–Crippen LogP) is 4.21. The maximum atomic E-state index is 12.2. The topological polar surface area (TPSA) is 64.5 Å². The Morgan fingerprint density at radius 1 is 1.22 bits per heavy atom. The van der Waals surface area contributed by atoms with Gasteiger partial charge in [0, 0.05) is 42.3 Å². The van der Waals surface area contributed by atoms with Crippen molar-refractivity contribution in [3.8, 4) is 0 Å². The minimum absolute atomic E-state index is 0.193. The smallest absolute Gasteiger partial charge is 0.319 e. The number of rotatable bonds is 7. The molecule has 1 saturated heterocycles. The second kappa shape index (κ2) is 8.31. The Labute approximate surface area is 161 Å². The van der Waals surface area contributed by atoms with Gasteiger partial charge in [0.15, 0.2) is 5.79 Å². The minimum atomic E-state index is -0.522. The van der Waals surface area contributed by atoms with Gasteiger partial charge in [0.2, 0.25) is 0 Å². The fraction of sp³-hybridized carbons (Fsp3) is 0.571. The van der Waals surface area contributed by atoms with E-state index in [2.05, 4.69) is 54.3 Å². The van der Waals surface area contributed by atoms with Crippen LogP contribution in [0.15, 0.2) is 30.5 Å². The van der Waals surface area contributed by atoms with E-state index in [0.29, 0.717) is 25.7 Å². The number of hydrogen-bond acceptors (Lipinski definition) is 3. The highest BCUT2D eigenvalue weighted by atomic mass is 16.7. The lowest BCUT2D eigenvalue weighted by atomic mass is 10.0. The number of urea groups is 1. The molecule has 1 atom stereocenters. The molecule has 0 bridgehead atoms. The highest BCUT2D eigenvalue weighted by Crippen LogP contribution is 2.26. The van der Waals surface area contributed by atoms with Gasteiger partial charge in [-0.3, -0.25) is 0 Å². The molecule has 6 nitrogen and oxygen atoms in total. The predicted molar refractivity (Wildman–Crippen MR) is 108 cm³/mol. The highest BCUT2D eigenvalue weighted by molar-refractivity contribution is 5.92. The Morgan fingerprint density at radius 3 is 2.67 bits per heavy atom. The first kappa shape index (κ1) is 19.7. The van der Waals surface area contributed by atoms with Crippen LogP contribution in [0.2, 0.25) is 0 Å². The number of aromatic nitrogens is 1. The van der Waals surface area contributed by atoms with Crippen LogP contribution < -0.4 is 10.6 Å². The van der Waals surface area contributed by atoms with Crippen LogP contribution in [0.5, 0.6) is 0 Å². The second-order valence-electron chi connectivity index (χ2n) is 8.11. The van der Waals surface area contributed by atoms with Crippen molar-refractivity contribution in [3.05, 3.63) is 30.5 Å². The Bertz CT molecular complexity index is 778. The average Bonchev–Trinajstić information content (AvgIpc) is 3.19. The summed E-state index contributed by atoms with van der Waals surface area (Å²) in [6.07, 6.45) is 2.85. The normalized spacial score (nSPS) is 17.4. The number of benzene rings is 1. The number of carbonyl (C=O) groups is 1. The van der Waals surface area contributed by atoms with E-state index in [4.69, 9.17) is 9.47 Å². The third-order valence-electron chi connectivity index (χ3n) is 4.82. The highest BCUT2D eigenvalue weighted by Gasteiger charge is 2.32. The fourth-order valence-corrected chi connectivity index (χ4v) is 3.65. The van der Waals surface area contributed by atoms with Gasteiger partial charge in [-0.05, 0) is 43.0 Å². The van der Waals surface area contributed by atoms with Crippen LogP contribution in [-0.4, -0.2) is 36.1 Å². The molecule has 3 rings (SSSR count). The van der Waals surface area contributed by atoms with Crippen molar-refractivity contribution in [2.45, 2.75) is 46.4 Å². The summed E-state index contributed by atoms with van der Waals surface area (Å²) in [5, 5.41) is 6.99. The molecule has 0 spiro atoms. The molecular weight excluding hydrogens is 342 g/mol. The molecule has 1 aromatic carbocycles. The van der Waals surface area contributed by atoms with Crippen LogP contribution in [0.4, 0.5) is 10.5 Å². The van der Waals surface area contributed by atoms with E-state index in [1.165, 1.54) is 5.52 Å². The van der Waals surface area contributed by atoms with E-state index in [0.717, 1.165) is 24.0 Å². The lowest BCUT2D eigenvalue weighted by Gasteiger charge is -2.26. The van der Waals surface area contributed by atoms with Crippen molar-refractivity contribution in [2.24, 2.45) is 11.8 Å². The van der Waals surface area contributed by atoms with Gasteiger partial charge in [-0.25, -0.2) is 4.79 Å². The molecule has 2 aromatic rings. The Morgan fingerprint density at radius 2 is 1.96 bits per heavy atom. The molecule has 1 fully saturated rings. The molecule has 2 N–H and O–H groups in total. The molecule has 148 valence electrons. The zero-order chi connectivity index (χ0) is 19.4. The monoisotopic (exact) mass is 373 g/mol. The standard InChI is InChI=1S/C21H31N3O3/c1-15(2)14-24-8-7-17-11-18(5-6-19(17)24)23-20(25)22-13-16(3)12-21(4)26-9-10-27-21/h5-8,11,15-16H,9-10,12-14H2,1-4H3,(H2,22,23,25)/t16-/m1/s1. The van der Waals surface area contributed by atoms with Gasteiger partial charge in [-0.15, -0.1) is 0 Å². The molecule has 0 unspecified atom stereocenters. The maximum absolute atomic E-state index is 12.2. The van der Waals surface area contributed by atoms with Gasteiger partial charge in [0.1, 0.15) is 0 Å². The molecule has 6 heteroatoms. The summed E-state index contributed by atoms with van der Waals surface area (Å²) < 4.78 is 13.5. The van der Waals surface area contributed by atoms with Crippen LogP contribution in [-0.2, 0) is 16.0 Å². The molecule has 0 radical (unpaired) electrons. The van der Waals surface area contributed by atoms with Crippen LogP contribution in [0, 0.1) is 11.8 Å². The van der Waals surface area contributed by atoms with Gasteiger partial charge < -0.3 is 24.7 Å². The first-order valence-electron chi connectivity index (χ1n) is 9.76. The summed E-state index contributed by atoms with van der Waals surface area (Å²) in [5.41, 5.74) is 1.98. The summed E-state index contributed by atoms with van der Waals surface area (Å²) in [6, 6.07) is 7.91. The van der Waals surface area contributed by atoms with Crippen molar-refractivity contribution >= 4 is 22.6 Å². The average molecular weight is 373 g/mol. The SMILES string of the molecule is CC(C)Cn1ccc2cc(NC(=O)NC[C@H](C)CC3(C)OCCO3)ccc21. The first-order chi connectivity index (χ1) is 12.8. The first-order valence-corrected chi connectivity index (χ1v) is 9.76. The minimum Gasteiger partial charge on any atom is -0.348 e. The van der Waals surface area contributed by atoms with Gasteiger partial charge in [-0.2, -0.15) is 0 Å².